The average Bonchev–Trinajstić information content (AvgIpc) is 2.53. The van der Waals surface area contributed by atoms with Gasteiger partial charge < -0.3 is 10.2 Å². The highest BCUT2D eigenvalue weighted by molar-refractivity contribution is 5.89. The SMILES string of the molecule is CC(C)CC1NC(=O)CCN(Cc2ccncn2)C1=O. The molecule has 0 radical (unpaired) electrons. The lowest BCUT2D eigenvalue weighted by Crippen LogP contribution is -2.45. The maximum absolute atomic E-state index is 12.5. The molecule has 0 aromatic carbocycles. The van der Waals surface area contributed by atoms with Crippen LogP contribution in [0.1, 0.15) is 32.4 Å². The Morgan fingerprint density at radius 3 is 2.90 bits per heavy atom. The molecule has 1 fully saturated rings. The van der Waals surface area contributed by atoms with Gasteiger partial charge in [-0.25, -0.2) is 9.97 Å². The number of nitrogens with zero attached hydrogens (tertiary/aromatic N) is 3. The van der Waals surface area contributed by atoms with E-state index in [2.05, 4.69) is 15.3 Å². The normalized spacial score (nSPS) is 19.9. The summed E-state index contributed by atoms with van der Waals surface area (Å²) in [6.45, 7) is 4.94. The lowest BCUT2D eigenvalue weighted by Gasteiger charge is -2.24. The van der Waals surface area contributed by atoms with Gasteiger partial charge in [-0.05, 0) is 18.4 Å². The van der Waals surface area contributed by atoms with Crippen LogP contribution < -0.4 is 5.32 Å². The molecule has 2 heterocycles. The number of nitrogens with one attached hydrogen (secondary N) is 1. The van der Waals surface area contributed by atoms with Crippen LogP contribution in [0.25, 0.3) is 0 Å². The molecule has 6 heteroatoms. The van der Waals surface area contributed by atoms with Crippen molar-refractivity contribution in [1.29, 1.82) is 0 Å². The molecule has 108 valence electrons. The van der Waals surface area contributed by atoms with E-state index in [4.69, 9.17) is 0 Å². The minimum absolute atomic E-state index is 0.0248. The van der Waals surface area contributed by atoms with Crippen molar-refractivity contribution in [3.63, 3.8) is 0 Å². The fourth-order valence-electron chi connectivity index (χ4n) is 2.29. The Balaban J connectivity index is 2.11. The number of hydrogen-bond donors (Lipinski definition) is 1. The summed E-state index contributed by atoms with van der Waals surface area (Å²) in [6.07, 6.45) is 4.11. The van der Waals surface area contributed by atoms with Crippen LogP contribution in [0.4, 0.5) is 0 Å². The summed E-state index contributed by atoms with van der Waals surface area (Å²) in [5, 5.41) is 2.81. The van der Waals surface area contributed by atoms with Gasteiger partial charge in [-0.2, -0.15) is 0 Å². The van der Waals surface area contributed by atoms with Crippen molar-refractivity contribution in [1.82, 2.24) is 20.2 Å². The summed E-state index contributed by atoms with van der Waals surface area (Å²) in [6, 6.07) is 1.36. The topological polar surface area (TPSA) is 75.2 Å². The van der Waals surface area contributed by atoms with Crippen molar-refractivity contribution in [2.75, 3.05) is 6.54 Å². The van der Waals surface area contributed by atoms with Gasteiger partial charge in [0.05, 0.1) is 12.2 Å². The molecule has 0 saturated carbocycles. The fourth-order valence-corrected chi connectivity index (χ4v) is 2.29. The Kier molecular flexibility index (Phi) is 4.65. The van der Waals surface area contributed by atoms with Crippen LogP contribution in [0, 0.1) is 5.92 Å². The van der Waals surface area contributed by atoms with E-state index in [-0.39, 0.29) is 11.8 Å². The van der Waals surface area contributed by atoms with Gasteiger partial charge in [-0.1, -0.05) is 13.8 Å². The van der Waals surface area contributed by atoms with Gasteiger partial charge in [0.1, 0.15) is 12.4 Å². The first kappa shape index (κ1) is 14.4. The Morgan fingerprint density at radius 2 is 2.25 bits per heavy atom. The maximum atomic E-state index is 12.5. The molecule has 1 N–H and O–H groups in total. The van der Waals surface area contributed by atoms with E-state index in [0.717, 1.165) is 5.69 Å². The summed E-state index contributed by atoms with van der Waals surface area (Å²) in [7, 11) is 0. The highest BCUT2D eigenvalue weighted by atomic mass is 16.2. The van der Waals surface area contributed by atoms with Crippen LogP contribution in [0.15, 0.2) is 18.6 Å². The van der Waals surface area contributed by atoms with Crippen molar-refractivity contribution in [3.05, 3.63) is 24.3 Å². The second-order valence-electron chi connectivity index (χ2n) is 5.46. The average molecular weight is 276 g/mol. The van der Waals surface area contributed by atoms with E-state index in [9.17, 15) is 9.59 Å². The molecule has 2 amide bonds. The lowest BCUT2D eigenvalue weighted by atomic mass is 10.0. The third kappa shape index (κ3) is 3.76. The largest absolute Gasteiger partial charge is 0.344 e. The van der Waals surface area contributed by atoms with Crippen LogP contribution in [0.3, 0.4) is 0 Å². The molecule has 1 aliphatic heterocycles. The standard InChI is InChI=1S/C14H20N4O2/c1-10(2)7-12-14(20)18(6-4-13(19)17-12)8-11-3-5-15-9-16-11/h3,5,9-10,12H,4,6-8H2,1-2H3,(H,17,19). The van der Waals surface area contributed by atoms with Gasteiger partial charge in [0.2, 0.25) is 11.8 Å². The second kappa shape index (κ2) is 6.45. The van der Waals surface area contributed by atoms with E-state index in [1.807, 2.05) is 13.8 Å². The molecule has 1 unspecified atom stereocenters. The molecule has 1 atom stereocenters. The third-order valence-corrected chi connectivity index (χ3v) is 3.26. The zero-order valence-corrected chi connectivity index (χ0v) is 11.9. The molecule has 0 spiro atoms. The highest BCUT2D eigenvalue weighted by Gasteiger charge is 2.30. The fraction of sp³-hybridized carbons (Fsp3) is 0.571. The first-order chi connectivity index (χ1) is 9.56. The molecule has 1 aliphatic rings. The molecule has 1 saturated heterocycles. The Hall–Kier alpha value is -1.98. The minimum atomic E-state index is -0.424. The number of carbonyl (C=O) groups is 2. The third-order valence-electron chi connectivity index (χ3n) is 3.26. The number of carbonyl (C=O) groups excluding carboxylic acids is 2. The summed E-state index contributed by atoms with van der Waals surface area (Å²) in [4.78, 5) is 33.9. The van der Waals surface area contributed by atoms with Crippen LogP contribution in [0.5, 0.6) is 0 Å². The van der Waals surface area contributed by atoms with E-state index < -0.39 is 6.04 Å². The van der Waals surface area contributed by atoms with Crippen LogP contribution in [-0.2, 0) is 16.1 Å². The van der Waals surface area contributed by atoms with E-state index in [0.29, 0.717) is 31.8 Å². The smallest absolute Gasteiger partial charge is 0.245 e. The van der Waals surface area contributed by atoms with Gasteiger partial charge in [0, 0.05) is 19.2 Å². The first-order valence-electron chi connectivity index (χ1n) is 6.89. The summed E-state index contributed by atoms with van der Waals surface area (Å²) >= 11 is 0. The summed E-state index contributed by atoms with van der Waals surface area (Å²) < 4.78 is 0. The predicted octanol–water partition coefficient (Wildman–Crippen LogP) is 0.740. The first-order valence-corrected chi connectivity index (χ1v) is 6.89. The van der Waals surface area contributed by atoms with E-state index >= 15 is 0 Å². The quantitative estimate of drug-likeness (QED) is 0.880. The zero-order chi connectivity index (χ0) is 14.5. The van der Waals surface area contributed by atoms with Crippen LogP contribution in [0.2, 0.25) is 0 Å². The molecular weight excluding hydrogens is 256 g/mol. The van der Waals surface area contributed by atoms with Crippen molar-refractivity contribution in [2.45, 2.75) is 39.3 Å². The predicted molar refractivity (Wildman–Crippen MR) is 73.5 cm³/mol. The number of rotatable bonds is 4. The number of amides is 2. The highest BCUT2D eigenvalue weighted by Crippen LogP contribution is 2.13. The van der Waals surface area contributed by atoms with Crippen LogP contribution in [-0.4, -0.2) is 39.3 Å². The Labute approximate surface area is 118 Å². The van der Waals surface area contributed by atoms with Crippen molar-refractivity contribution >= 4 is 11.8 Å². The van der Waals surface area contributed by atoms with Gasteiger partial charge >= 0.3 is 0 Å². The molecule has 0 aliphatic carbocycles. The van der Waals surface area contributed by atoms with E-state index in [1.54, 1.807) is 17.2 Å². The van der Waals surface area contributed by atoms with Gasteiger partial charge in [-0.3, -0.25) is 9.59 Å². The number of hydrogen-bond acceptors (Lipinski definition) is 4. The summed E-state index contributed by atoms with van der Waals surface area (Å²) in [5.74, 6) is 0.264. The van der Waals surface area contributed by atoms with Crippen molar-refractivity contribution in [3.8, 4) is 0 Å². The maximum Gasteiger partial charge on any atom is 0.245 e. The number of aromatic nitrogens is 2. The molecular formula is C14H20N4O2. The monoisotopic (exact) mass is 276 g/mol. The Morgan fingerprint density at radius 1 is 1.45 bits per heavy atom. The van der Waals surface area contributed by atoms with Crippen molar-refractivity contribution < 1.29 is 9.59 Å². The van der Waals surface area contributed by atoms with E-state index in [1.165, 1.54) is 6.33 Å². The Bertz CT molecular complexity index is 475. The van der Waals surface area contributed by atoms with Gasteiger partial charge in [-0.15, -0.1) is 0 Å². The molecule has 1 aromatic rings. The molecule has 20 heavy (non-hydrogen) atoms. The van der Waals surface area contributed by atoms with Crippen molar-refractivity contribution in [2.24, 2.45) is 5.92 Å². The molecule has 1 aromatic heterocycles. The zero-order valence-electron chi connectivity index (χ0n) is 11.9. The second-order valence-corrected chi connectivity index (χ2v) is 5.46. The molecule has 0 bridgehead atoms. The van der Waals surface area contributed by atoms with Gasteiger partial charge in [0.25, 0.3) is 0 Å². The molecule has 2 rings (SSSR count). The summed E-state index contributed by atoms with van der Waals surface area (Å²) in [5.41, 5.74) is 0.783. The van der Waals surface area contributed by atoms with Gasteiger partial charge in [0.15, 0.2) is 0 Å². The van der Waals surface area contributed by atoms with Crippen LogP contribution >= 0.6 is 0 Å². The molecule has 6 nitrogen and oxygen atoms in total. The lowest BCUT2D eigenvalue weighted by molar-refractivity contribution is -0.134. The minimum Gasteiger partial charge on any atom is -0.344 e.